The van der Waals surface area contributed by atoms with E-state index in [0.717, 1.165) is 28.1 Å². The number of rotatable bonds is 4. The molecule has 3 heterocycles. The Bertz CT molecular complexity index is 1200. The molecule has 2 aliphatic heterocycles. The van der Waals surface area contributed by atoms with E-state index in [1.54, 1.807) is 4.90 Å². The fourth-order valence-corrected chi connectivity index (χ4v) is 4.98. The van der Waals surface area contributed by atoms with E-state index in [-0.39, 0.29) is 5.91 Å². The summed E-state index contributed by atoms with van der Waals surface area (Å²) in [5.41, 5.74) is 6.53. The van der Waals surface area contributed by atoms with Crippen molar-refractivity contribution in [3.63, 3.8) is 0 Å². The van der Waals surface area contributed by atoms with Gasteiger partial charge in [-0.3, -0.25) is 9.78 Å². The molecule has 168 valence electrons. The Hall–Kier alpha value is -3.37. The number of amides is 1. The number of hydrogen-bond acceptors (Lipinski definition) is 6. The molecule has 2 aromatic rings. The van der Waals surface area contributed by atoms with Crippen molar-refractivity contribution in [1.29, 1.82) is 5.26 Å². The van der Waals surface area contributed by atoms with Crippen LogP contribution in [0, 0.1) is 11.3 Å². The van der Waals surface area contributed by atoms with E-state index in [1.807, 2.05) is 18.2 Å². The van der Waals surface area contributed by atoms with Gasteiger partial charge in [0.15, 0.2) is 11.5 Å². The average molecular weight is 444 g/mol. The van der Waals surface area contributed by atoms with Crippen molar-refractivity contribution in [2.24, 2.45) is 0 Å². The summed E-state index contributed by atoms with van der Waals surface area (Å²) in [4.78, 5) is 19.9. The van der Waals surface area contributed by atoms with Crippen molar-refractivity contribution in [2.45, 2.75) is 31.6 Å². The summed E-state index contributed by atoms with van der Waals surface area (Å²) in [7, 11) is 0. The zero-order chi connectivity index (χ0) is 22.4. The molecule has 0 bridgehead atoms. The molecular weight excluding hydrogens is 418 g/mol. The minimum atomic E-state index is -0.0478. The van der Waals surface area contributed by atoms with Gasteiger partial charge in [-0.15, -0.1) is 0 Å². The molecule has 0 N–H and O–H groups in total. The first kappa shape index (κ1) is 20.3. The maximum atomic E-state index is 13.1. The Kier molecular flexibility index (Phi) is 5.03. The summed E-state index contributed by atoms with van der Waals surface area (Å²) in [6.07, 6.45) is 5.61. The first-order valence-corrected chi connectivity index (χ1v) is 11.6. The number of nitrogens with zero attached hydrogens (tertiary/aromatic N) is 3. The second kappa shape index (κ2) is 8.20. The lowest BCUT2D eigenvalue weighted by atomic mass is 9.96. The summed E-state index contributed by atoms with van der Waals surface area (Å²) in [6, 6.07) is 8.32. The molecule has 1 aromatic heterocycles. The molecule has 0 radical (unpaired) electrons. The minimum Gasteiger partial charge on any atom is -0.486 e. The van der Waals surface area contributed by atoms with Gasteiger partial charge in [-0.25, -0.2) is 0 Å². The van der Waals surface area contributed by atoms with Crippen LogP contribution in [0.15, 0.2) is 24.3 Å². The Morgan fingerprint density at radius 3 is 2.67 bits per heavy atom. The highest BCUT2D eigenvalue weighted by Crippen LogP contribution is 2.46. The highest BCUT2D eigenvalue weighted by molar-refractivity contribution is 5.98. The number of ether oxygens (including phenoxy) is 3. The molecule has 1 saturated heterocycles. The van der Waals surface area contributed by atoms with Crippen molar-refractivity contribution < 1.29 is 19.0 Å². The average Bonchev–Trinajstić information content (AvgIpc) is 3.63. The third-order valence-corrected chi connectivity index (χ3v) is 6.75. The molecule has 1 amide bonds. The van der Waals surface area contributed by atoms with Crippen LogP contribution in [0.3, 0.4) is 0 Å². The number of nitriles is 1. The number of hydrogen-bond donors (Lipinski definition) is 0. The summed E-state index contributed by atoms with van der Waals surface area (Å²) in [5.74, 6) is 1.66. The Labute approximate surface area is 192 Å². The smallest absolute Gasteiger partial charge is 0.257 e. The van der Waals surface area contributed by atoms with Gasteiger partial charge in [0.2, 0.25) is 0 Å². The van der Waals surface area contributed by atoms with E-state index in [4.69, 9.17) is 19.2 Å². The van der Waals surface area contributed by atoms with Gasteiger partial charge in [0.1, 0.15) is 13.2 Å². The van der Waals surface area contributed by atoms with Gasteiger partial charge in [-0.1, -0.05) is 12.1 Å². The third-order valence-electron chi connectivity index (χ3n) is 6.75. The van der Waals surface area contributed by atoms with Crippen LogP contribution in [0.25, 0.3) is 5.57 Å². The number of morpholine rings is 1. The molecule has 7 heteroatoms. The van der Waals surface area contributed by atoms with Gasteiger partial charge in [0, 0.05) is 42.8 Å². The number of allylic oxidation sites excluding steroid dienone is 2. The standard InChI is InChI=1S/C26H25N3O4/c27-15-18-4-6-22-23(18)21(16-1-2-16)14-19(28-22)13-17-3-5-20(25-24(17)32-11-12-33-25)26(30)29-7-9-31-10-8-29/h3-5,14,16H,1-2,6-13H2. The lowest BCUT2D eigenvalue weighted by molar-refractivity contribution is 0.0298. The summed E-state index contributed by atoms with van der Waals surface area (Å²) in [6.45, 7) is 3.15. The second-order valence-corrected chi connectivity index (χ2v) is 8.94. The van der Waals surface area contributed by atoms with Crippen LogP contribution in [0.4, 0.5) is 0 Å². The number of fused-ring (bicyclic) bond motifs is 2. The van der Waals surface area contributed by atoms with Crippen molar-refractivity contribution in [3.05, 3.63) is 57.9 Å². The zero-order valence-corrected chi connectivity index (χ0v) is 18.4. The number of carbonyl (C=O) groups is 1. The maximum Gasteiger partial charge on any atom is 0.257 e. The lowest BCUT2D eigenvalue weighted by Gasteiger charge is -2.29. The van der Waals surface area contributed by atoms with Crippen LogP contribution in [-0.4, -0.2) is 55.3 Å². The van der Waals surface area contributed by atoms with Crippen LogP contribution in [-0.2, 0) is 17.6 Å². The highest BCUT2D eigenvalue weighted by Gasteiger charge is 2.32. The molecule has 2 fully saturated rings. The summed E-state index contributed by atoms with van der Waals surface area (Å²) < 4.78 is 17.4. The van der Waals surface area contributed by atoms with Crippen LogP contribution in [0.2, 0.25) is 0 Å². The van der Waals surface area contributed by atoms with Crippen LogP contribution in [0.1, 0.15) is 57.2 Å². The van der Waals surface area contributed by atoms with E-state index in [2.05, 4.69) is 12.1 Å². The first-order chi connectivity index (χ1) is 16.2. The molecule has 7 nitrogen and oxygen atoms in total. The van der Waals surface area contributed by atoms with E-state index >= 15 is 0 Å². The summed E-state index contributed by atoms with van der Waals surface area (Å²) >= 11 is 0. The predicted molar refractivity (Wildman–Crippen MR) is 120 cm³/mol. The number of aromatic nitrogens is 1. The molecule has 1 saturated carbocycles. The third kappa shape index (κ3) is 3.65. The van der Waals surface area contributed by atoms with E-state index < -0.39 is 0 Å². The van der Waals surface area contributed by atoms with Crippen molar-refractivity contribution >= 4 is 11.5 Å². The predicted octanol–water partition coefficient (Wildman–Crippen LogP) is 3.26. The van der Waals surface area contributed by atoms with Gasteiger partial charge < -0.3 is 19.1 Å². The van der Waals surface area contributed by atoms with Crippen molar-refractivity contribution in [2.75, 3.05) is 39.5 Å². The molecule has 0 unspecified atom stereocenters. The topological polar surface area (TPSA) is 84.7 Å². The molecule has 0 spiro atoms. The Balaban J connectivity index is 1.34. The first-order valence-electron chi connectivity index (χ1n) is 11.6. The van der Waals surface area contributed by atoms with Crippen molar-refractivity contribution in [1.82, 2.24) is 9.88 Å². The molecule has 6 rings (SSSR count). The molecule has 1 aromatic carbocycles. The normalized spacial score (nSPS) is 19.0. The van der Waals surface area contributed by atoms with Crippen molar-refractivity contribution in [3.8, 4) is 17.6 Å². The van der Waals surface area contributed by atoms with Gasteiger partial charge in [-0.05, 0) is 36.5 Å². The molecule has 33 heavy (non-hydrogen) atoms. The number of benzene rings is 1. The fraction of sp³-hybridized carbons (Fsp3) is 0.423. The van der Waals surface area contributed by atoms with E-state index in [9.17, 15) is 10.1 Å². The quantitative estimate of drug-likeness (QED) is 0.721. The van der Waals surface area contributed by atoms with Gasteiger partial charge in [-0.2, -0.15) is 5.26 Å². The minimum absolute atomic E-state index is 0.0478. The van der Waals surface area contributed by atoms with Crippen LogP contribution < -0.4 is 9.47 Å². The second-order valence-electron chi connectivity index (χ2n) is 8.94. The number of carbonyl (C=O) groups excluding carboxylic acids is 1. The van der Waals surface area contributed by atoms with E-state index in [0.29, 0.717) is 75.3 Å². The van der Waals surface area contributed by atoms with Crippen LogP contribution >= 0.6 is 0 Å². The molecule has 4 aliphatic rings. The molecule has 2 aliphatic carbocycles. The Morgan fingerprint density at radius 1 is 1.12 bits per heavy atom. The zero-order valence-electron chi connectivity index (χ0n) is 18.4. The highest BCUT2D eigenvalue weighted by atomic mass is 16.6. The van der Waals surface area contributed by atoms with Gasteiger partial charge >= 0.3 is 0 Å². The monoisotopic (exact) mass is 443 g/mol. The van der Waals surface area contributed by atoms with Gasteiger partial charge in [0.05, 0.1) is 36.1 Å². The maximum absolute atomic E-state index is 13.1. The van der Waals surface area contributed by atoms with Crippen LogP contribution in [0.5, 0.6) is 11.5 Å². The lowest BCUT2D eigenvalue weighted by Crippen LogP contribution is -2.41. The Morgan fingerprint density at radius 2 is 1.91 bits per heavy atom. The number of pyridine rings is 1. The summed E-state index contributed by atoms with van der Waals surface area (Å²) in [5, 5.41) is 9.53. The molecule has 0 atom stereocenters. The molecular formula is C26H25N3O4. The van der Waals surface area contributed by atoms with E-state index in [1.165, 1.54) is 18.4 Å². The fourth-order valence-electron chi connectivity index (χ4n) is 4.98. The van der Waals surface area contributed by atoms with Gasteiger partial charge in [0.25, 0.3) is 5.91 Å². The SMILES string of the molecule is N#CC1=CCc2nc(Cc3ccc(C(=O)N4CCOCC4)c4c3OCCO4)cc(C3CC3)c21. The largest absolute Gasteiger partial charge is 0.486 e.